The van der Waals surface area contributed by atoms with Crippen LogP contribution in [0.25, 0.3) is 0 Å². The van der Waals surface area contributed by atoms with Gasteiger partial charge in [0.25, 0.3) is 5.91 Å². The number of fused-ring (bicyclic) bond motifs is 2. The highest BCUT2D eigenvalue weighted by Gasteiger charge is 2.47. The molecule has 2 aromatic rings. The van der Waals surface area contributed by atoms with Gasteiger partial charge in [0.1, 0.15) is 6.04 Å². The molecule has 2 N–H and O–H groups in total. The van der Waals surface area contributed by atoms with Gasteiger partial charge in [0.2, 0.25) is 11.8 Å². The third kappa shape index (κ3) is 4.25. The van der Waals surface area contributed by atoms with Crippen LogP contribution in [0.15, 0.2) is 42.5 Å². The SMILES string of the molecule is CC(NC(=O)CNC(=O)C1c2ccccc2C(=O)N1C1CC1)c1ccc2c(c1)OCCCO2. The van der Waals surface area contributed by atoms with E-state index in [0.717, 1.165) is 24.8 Å². The van der Waals surface area contributed by atoms with Gasteiger partial charge in [0.15, 0.2) is 11.5 Å². The van der Waals surface area contributed by atoms with Crippen molar-refractivity contribution in [3.8, 4) is 11.5 Å². The Bertz CT molecular complexity index is 1100. The van der Waals surface area contributed by atoms with E-state index in [1.165, 1.54) is 0 Å². The number of rotatable bonds is 6. The van der Waals surface area contributed by atoms with E-state index in [4.69, 9.17) is 9.47 Å². The van der Waals surface area contributed by atoms with Gasteiger partial charge in [-0.1, -0.05) is 24.3 Å². The lowest BCUT2D eigenvalue weighted by atomic mass is 10.0. The van der Waals surface area contributed by atoms with Crippen LogP contribution in [0.4, 0.5) is 0 Å². The number of nitrogens with zero attached hydrogens (tertiary/aromatic N) is 1. The van der Waals surface area contributed by atoms with E-state index in [9.17, 15) is 14.4 Å². The molecule has 2 aromatic carbocycles. The molecule has 0 radical (unpaired) electrons. The van der Waals surface area contributed by atoms with Crippen molar-refractivity contribution < 1.29 is 23.9 Å². The van der Waals surface area contributed by atoms with Crippen molar-refractivity contribution in [2.24, 2.45) is 0 Å². The van der Waals surface area contributed by atoms with E-state index in [-0.39, 0.29) is 36.3 Å². The largest absolute Gasteiger partial charge is 0.490 e. The van der Waals surface area contributed by atoms with Crippen molar-refractivity contribution in [3.05, 3.63) is 59.2 Å². The van der Waals surface area contributed by atoms with Crippen LogP contribution in [0.1, 0.15) is 59.8 Å². The molecule has 2 unspecified atom stereocenters. The molecule has 1 fully saturated rings. The van der Waals surface area contributed by atoms with Gasteiger partial charge in [-0.2, -0.15) is 0 Å². The highest BCUT2D eigenvalue weighted by atomic mass is 16.5. The van der Waals surface area contributed by atoms with E-state index in [1.54, 1.807) is 17.0 Å². The van der Waals surface area contributed by atoms with Crippen molar-refractivity contribution in [1.82, 2.24) is 15.5 Å². The Hall–Kier alpha value is -3.55. The van der Waals surface area contributed by atoms with Gasteiger partial charge in [-0.3, -0.25) is 14.4 Å². The summed E-state index contributed by atoms with van der Waals surface area (Å²) in [5.41, 5.74) is 2.15. The summed E-state index contributed by atoms with van der Waals surface area (Å²) in [6.45, 7) is 2.92. The second-order valence-electron chi connectivity index (χ2n) is 8.70. The number of nitrogens with one attached hydrogen (secondary N) is 2. The molecule has 1 aliphatic carbocycles. The van der Waals surface area contributed by atoms with Gasteiger partial charge in [-0.25, -0.2) is 0 Å². The molecule has 2 aliphatic heterocycles. The Labute approximate surface area is 192 Å². The lowest BCUT2D eigenvalue weighted by Crippen LogP contribution is -2.44. The van der Waals surface area contributed by atoms with E-state index >= 15 is 0 Å². The number of amides is 3. The lowest BCUT2D eigenvalue weighted by molar-refractivity contribution is -0.129. The maximum atomic E-state index is 13.0. The van der Waals surface area contributed by atoms with Crippen molar-refractivity contribution in [2.75, 3.05) is 19.8 Å². The third-order valence-electron chi connectivity index (χ3n) is 6.26. The van der Waals surface area contributed by atoms with E-state index in [1.807, 2.05) is 37.3 Å². The molecule has 2 heterocycles. The number of benzene rings is 2. The first-order valence-corrected chi connectivity index (χ1v) is 11.4. The lowest BCUT2D eigenvalue weighted by Gasteiger charge is -2.24. The number of hydrogen-bond acceptors (Lipinski definition) is 5. The summed E-state index contributed by atoms with van der Waals surface area (Å²) in [4.78, 5) is 40.1. The minimum Gasteiger partial charge on any atom is -0.490 e. The fourth-order valence-electron chi connectivity index (χ4n) is 4.42. The normalized spacial score (nSPS) is 20.0. The molecule has 0 spiro atoms. The summed E-state index contributed by atoms with van der Waals surface area (Å²) in [6, 6.07) is 11.9. The number of carbonyl (C=O) groups is 3. The molecule has 2 atom stereocenters. The number of carbonyl (C=O) groups excluding carboxylic acids is 3. The van der Waals surface area contributed by atoms with E-state index in [2.05, 4.69) is 10.6 Å². The Morgan fingerprint density at radius 3 is 2.64 bits per heavy atom. The molecule has 0 bridgehead atoms. The van der Waals surface area contributed by atoms with Gasteiger partial charge in [0, 0.05) is 18.0 Å². The maximum absolute atomic E-state index is 13.0. The topological polar surface area (TPSA) is 97.0 Å². The summed E-state index contributed by atoms with van der Waals surface area (Å²) in [6.07, 6.45) is 2.62. The van der Waals surface area contributed by atoms with Gasteiger partial charge in [0.05, 0.1) is 25.8 Å². The van der Waals surface area contributed by atoms with Crippen LogP contribution in [0, 0.1) is 0 Å². The quantitative estimate of drug-likeness (QED) is 0.706. The van der Waals surface area contributed by atoms with Crippen LogP contribution in [0.5, 0.6) is 11.5 Å². The molecule has 33 heavy (non-hydrogen) atoms. The highest BCUT2D eigenvalue weighted by molar-refractivity contribution is 6.05. The molecule has 5 rings (SSSR count). The predicted molar refractivity (Wildman–Crippen MR) is 120 cm³/mol. The first kappa shape index (κ1) is 21.3. The average Bonchev–Trinajstić information content (AvgIpc) is 3.64. The van der Waals surface area contributed by atoms with Crippen molar-refractivity contribution in [1.29, 1.82) is 0 Å². The van der Waals surface area contributed by atoms with Crippen LogP contribution >= 0.6 is 0 Å². The molecule has 0 aromatic heterocycles. The Morgan fingerprint density at radius 2 is 1.85 bits per heavy atom. The summed E-state index contributed by atoms with van der Waals surface area (Å²) in [5, 5.41) is 5.63. The molecule has 8 heteroatoms. The molecule has 1 saturated carbocycles. The maximum Gasteiger partial charge on any atom is 0.255 e. The molecule has 8 nitrogen and oxygen atoms in total. The summed E-state index contributed by atoms with van der Waals surface area (Å²) < 4.78 is 11.4. The second-order valence-corrected chi connectivity index (χ2v) is 8.70. The molecule has 0 saturated heterocycles. The van der Waals surface area contributed by atoms with Crippen LogP contribution in [0.2, 0.25) is 0 Å². The van der Waals surface area contributed by atoms with Crippen LogP contribution in [-0.2, 0) is 9.59 Å². The zero-order valence-corrected chi connectivity index (χ0v) is 18.5. The third-order valence-corrected chi connectivity index (χ3v) is 6.26. The predicted octanol–water partition coefficient (Wildman–Crippen LogP) is 2.50. The molecule has 172 valence electrons. The number of hydrogen-bond donors (Lipinski definition) is 2. The van der Waals surface area contributed by atoms with Gasteiger partial charge < -0.3 is 25.0 Å². The summed E-state index contributed by atoms with van der Waals surface area (Å²) >= 11 is 0. The average molecular weight is 450 g/mol. The van der Waals surface area contributed by atoms with Gasteiger partial charge in [-0.15, -0.1) is 0 Å². The monoisotopic (exact) mass is 449 g/mol. The highest BCUT2D eigenvalue weighted by Crippen LogP contribution is 2.41. The summed E-state index contributed by atoms with van der Waals surface area (Å²) in [5.74, 6) is 0.621. The fraction of sp³-hybridized carbons (Fsp3) is 0.400. The van der Waals surface area contributed by atoms with Gasteiger partial charge in [-0.05, 0) is 49.1 Å². The zero-order valence-electron chi connectivity index (χ0n) is 18.5. The van der Waals surface area contributed by atoms with Crippen molar-refractivity contribution >= 4 is 17.7 Å². The molecule has 3 amide bonds. The Balaban J connectivity index is 1.21. The first-order chi connectivity index (χ1) is 16.0. The summed E-state index contributed by atoms with van der Waals surface area (Å²) in [7, 11) is 0. The second kappa shape index (κ2) is 8.77. The molecular formula is C25H27N3O5. The standard InChI is InChI=1S/C25H27N3O5/c1-15(16-7-10-20-21(13-16)33-12-4-11-32-20)27-22(29)14-26-24(30)23-18-5-2-3-6-19(18)25(31)28(23)17-8-9-17/h2-3,5-7,10,13,15,17,23H,4,8-9,11-12,14H2,1H3,(H,26,30)(H,27,29). The number of ether oxygens (including phenoxy) is 2. The van der Waals surface area contributed by atoms with Crippen LogP contribution in [-0.4, -0.2) is 48.4 Å². The van der Waals surface area contributed by atoms with E-state index in [0.29, 0.717) is 35.8 Å². The van der Waals surface area contributed by atoms with Crippen LogP contribution < -0.4 is 20.1 Å². The smallest absolute Gasteiger partial charge is 0.255 e. The van der Waals surface area contributed by atoms with Gasteiger partial charge >= 0.3 is 0 Å². The minimum absolute atomic E-state index is 0.0916. The zero-order chi connectivity index (χ0) is 22.9. The van der Waals surface area contributed by atoms with Crippen molar-refractivity contribution in [2.45, 2.75) is 44.3 Å². The van der Waals surface area contributed by atoms with Crippen LogP contribution in [0.3, 0.4) is 0 Å². The Morgan fingerprint density at radius 1 is 1.09 bits per heavy atom. The molecular weight excluding hydrogens is 422 g/mol. The van der Waals surface area contributed by atoms with E-state index < -0.39 is 6.04 Å². The molecule has 3 aliphatic rings. The fourth-order valence-corrected chi connectivity index (χ4v) is 4.42. The van der Waals surface area contributed by atoms with Crippen molar-refractivity contribution in [3.63, 3.8) is 0 Å². The Kier molecular flexibility index (Phi) is 5.66. The minimum atomic E-state index is -0.687. The first-order valence-electron chi connectivity index (χ1n) is 11.4.